The van der Waals surface area contributed by atoms with Gasteiger partial charge in [-0.2, -0.15) is 5.26 Å². The van der Waals surface area contributed by atoms with E-state index < -0.39 is 10.8 Å². The highest BCUT2D eigenvalue weighted by Crippen LogP contribution is 2.33. The Morgan fingerprint density at radius 3 is 2.71 bits per heavy atom. The Bertz CT molecular complexity index is 1240. The van der Waals surface area contributed by atoms with E-state index in [2.05, 4.69) is 5.32 Å². The lowest BCUT2D eigenvalue weighted by atomic mass is 10.1. The first-order valence-corrected chi connectivity index (χ1v) is 9.32. The Labute approximate surface area is 182 Å². The van der Waals surface area contributed by atoms with Crippen molar-refractivity contribution < 1.29 is 18.9 Å². The average Bonchev–Trinajstić information content (AvgIpc) is 3.20. The van der Waals surface area contributed by atoms with Gasteiger partial charge >= 0.3 is 0 Å². The topological polar surface area (TPSA) is 118 Å². The number of methoxy groups -OCH3 is 1. The van der Waals surface area contributed by atoms with Crippen LogP contribution < -0.4 is 10.1 Å². The van der Waals surface area contributed by atoms with E-state index in [0.717, 1.165) is 5.56 Å². The highest BCUT2D eigenvalue weighted by molar-refractivity contribution is 6.33. The zero-order valence-corrected chi connectivity index (χ0v) is 17.3. The van der Waals surface area contributed by atoms with Gasteiger partial charge in [0.2, 0.25) is 0 Å². The van der Waals surface area contributed by atoms with Gasteiger partial charge in [-0.3, -0.25) is 14.9 Å². The molecule has 31 heavy (non-hydrogen) atoms. The van der Waals surface area contributed by atoms with Crippen molar-refractivity contribution in [2.24, 2.45) is 0 Å². The molecular weight excluding hydrogens is 422 g/mol. The average molecular weight is 438 g/mol. The Morgan fingerprint density at radius 2 is 2.03 bits per heavy atom. The molecule has 1 amide bonds. The maximum atomic E-state index is 12.6. The molecule has 0 saturated heterocycles. The molecule has 0 atom stereocenters. The van der Waals surface area contributed by atoms with Crippen molar-refractivity contribution in [3.05, 3.63) is 80.6 Å². The van der Waals surface area contributed by atoms with Crippen molar-refractivity contribution in [3.8, 4) is 23.1 Å². The number of nitro benzene ring substituents is 1. The number of carbonyl (C=O) groups is 1. The fourth-order valence-corrected chi connectivity index (χ4v) is 3.00. The fraction of sp³-hybridized carbons (Fsp3) is 0.0909. The van der Waals surface area contributed by atoms with Gasteiger partial charge in [0, 0.05) is 23.8 Å². The van der Waals surface area contributed by atoms with Crippen LogP contribution in [-0.4, -0.2) is 17.9 Å². The number of carbonyl (C=O) groups excluding carboxylic acids is 1. The molecule has 1 heterocycles. The largest absolute Gasteiger partial charge is 0.495 e. The minimum Gasteiger partial charge on any atom is -0.495 e. The van der Waals surface area contributed by atoms with Gasteiger partial charge in [0.1, 0.15) is 28.9 Å². The predicted octanol–water partition coefficient (Wildman–Crippen LogP) is 5.37. The molecule has 0 bridgehead atoms. The van der Waals surface area contributed by atoms with Crippen LogP contribution in [0.15, 0.2) is 58.5 Å². The summed E-state index contributed by atoms with van der Waals surface area (Å²) in [5.41, 5.74) is 1.31. The van der Waals surface area contributed by atoms with E-state index in [-0.39, 0.29) is 27.8 Å². The number of rotatable bonds is 6. The number of amides is 1. The van der Waals surface area contributed by atoms with Crippen molar-refractivity contribution in [1.82, 2.24) is 0 Å². The van der Waals surface area contributed by atoms with Crippen LogP contribution >= 0.6 is 11.6 Å². The van der Waals surface area contributed by atoms with Crippen molar-refractivity contribution in [2.45, 2.75) is 6.92 Å². The van der Waals surface area contributed by atoms with Gasteiger partial charge in [-0.15, -0.1) is 0 Å². The minimum atomic E-state index is -0.641. The van der Waals surface area contributed by atoms with Crippen LogP contribution in [0.1, 0.15) is 11.3 Å². The maximum absolute atomic E-state index is 12.6. The molecule has 3 aromatic rings. The number of nitro groups is 1. The van der Waals surface area contributed by atoms with Gasteiger partial charge in [0.15, 0.2) is 0 Å². The summed E-state index contributed by atoms with van der Waals surface area (Å²) < 4.78 is 10.9. The molecule has 3 rings (SSSR count). The molecule has 0 aliphatic heterocycles. The van der Waals surface area contributed by atoms with Crippen LogP contribution in [-0.2, 0) is 4.79 Å². The minimum absolute atomic E-state index is 0.142. The molecule has 1 aromatic heterocycles. The third-order valence-electron chi connectivity index (χ3n) is 4.31. The molecule has 0 spiro atoms. The first-order chi connectivity index (χ1) is 14.8. The van der Waals surface area contributed by atoms with Crippen molar-refractivity contribution in [2.75, 3.05) is 12.4 Å². The van der Waals surface area contributed by atoms with Gasteiger partial charge in [0.05, 0.1) is 22.7 Å². The number of benzene rings is 2. The van der Waals surface area contributed by atoms with Gasteiger partial charge < -0.3 is 14.5 Å². The summed E-state index contributed by atoms with van der Waals surface area (Å²) in [5.74, 6) is 0.285. The first kappa shape index (κ1) is 21.6. The maximum Gasteiger partial charge on any atom is 0.270 e. The Morgan fingerprint density at radius 1 is 1.26 bits per heavy atom. The van der Waals surface area contributed by atoms with E-state index in [4.69, 9.17) is 20.8 Å². The number of ether oxygens (including phenoxy) is 1. The van der Waals surface area contributed by atoms with Crippen LogP contribution in [0.5, 0.6) is 5.75 Å². The predicted molar refractivity (Wildman–Crippen MR) is 116 cm³/mol. The number of nitrogens with one attached hydrogen (secondary N) is 1. The second-order valence-electron chi connectivity index (χ2n) is 6.45. The third kappa shape index (κ3) is 4.91. The molecule has 156 valence electrons. The molecule has 2 aromatic carbocycles. The summed E-state index contributed by atoms with van der Waals surface area (Å²) in [6, 6.07) is 14.2. The molecule has 1 N–H and O–H groups in total. The van der Waals surface area contributed by atoms with Crippen LogP contribution in [0.3, 0.4) is 0 Å². The Balaban J connectivity index is 1.88. The SMILES string of the molecule is COc1ccc(C)cc1NC(=O)/C(C#N)=C/c1ccc(-c2cc([N+](=O)[O-])ccc2Cl)o1. The number of nitrogens with zero attached hydrogens (tertiary/aromatic N) is 2. The number of nitriles is 1. The molecular formula is C22H16ClN3O5. The summed E-state index contributed by atoms with van der Waals surface area (Å²) in [6.07, 6.45) is 1.27. The Hall–Kier alpha value is -4.09. The van der Waals surface area contributed by atoms with Crippen LogP contribution in [0.4, 0.5) is 11.4 Å². The monoisotopic (exact) mass is 437 g/mol. The lowest BCUT2D eigenvalue weighted by Crippen LogP contribution is -2.14. The molecule has 0 aliphatic rings. The van der Waals surface area contributed by atoms with Crippen molar-refractivity contribution in [3.63, 3.8) is 0 Å². The van der Waals surface area contributed by atoms with Gasteiger partial charge in [-0.25, -0.2) is 0 Å². The van der Waals surface area contributed by atoms with Crippen LogP contribution in [0.2, 0.25) is 5.02 Å². The Kier molecular flexibility index (Phi) is 6.38. The molecule has 0 unspecified atom stereocenters. The quantitative estimate of drug-likeness (QED) is 0.239. The third-order valence-corrected chi connectivity index (χ3v) is 4.64. The number of non-ortho nitro benzene ring substituents is 1. The molecule has 0 fully saturated rings. The normalized spacial score (nSPS) is 11.0. The summed E-state index contributed by atoms with van der Waals surface area (Å²) in [7, 11) is 1.48. The molecule has 0 radical (unpaired) electrons. The van der Waals surface area contributed by atoms with E-state index >= 15 is 0 Å². The smallest absolute Gasteiger partial charge is 0.270 e. The van der Waals surface area contributed by atoms with Crippen LogP contribution in [0, 0.1) is 28.4 Å². The summed E-state index contributed by atoms with van der Waals surface area (Å²) >= 11 is 6.13. The van der Waals surface area contributed by atoms with E-state index in [1.54, 1.807) is 18.2 Å². The lowest BCUT2D eigenvalue weighted by Gasteiger charge is -2.10. The van der Waals surface area contributed by atoms with Crippen LogP contribution in [0.25, 0.3) is 17.4 Å². The zero-order chi connectivity index (χ0) is 22.5. The van der Waals surface area contributed by atoms with E-state index in [9.17, 15) is 20.2 Å². The summed E-state index contributed by atoms with van der Waals surface area (Å²) in [5, 5.41) is 23.4. The second-order valence-corrected chi connectivity index (χ2v) is 6.86. The number of halogens is 1. The number of aryl methyl sites for hydroxylation is 1. The lowest BCUT2D eigenvalue weighted by molar-refractivity contribution is -0.384. The summed E-state index contributed by atoms with van der Waals surface area (Å²) in [4.78, 5) is 23.1. The fourth-order valence-electron chi connectivity index (χ4n) is 2.79. The van der Waals surface area contributed by atoms with Crippen molar-refractivity contribution >= 4 is 35.0 Å². The van der Waals surface area contributed by atoms with E-state index in [1.807, 2.05) is 19.1 Å². The number of hydrogen-bond donors (Lipinski definition) is 1. The summed E-state index contributed by atoms with van der Waals surface area (Å²) in [6.45, 7) is 1.86. The zero-order valence-electron chi connectivity index (χ0n) is 16.5. The molecule has 9 heteroatoms. The number of hydrogen-bond acceptors (Lipinski definition) is 6. The second kappa shape index (κ2) is 9.15. The molecule has 0 saturated carbocycles. The highest BCUT2D eigenvalue weighted by Gasteiger charge is 2.16. The first-order valence-electron chi connectivity index (χ1n) is 8.94. The van der Waals surface area contributed by atoms with E-state index in [0.29, 0.717) is 17.0 Å². The standard InChI is InChI=1S/C22H16ClN3O5/c1-13-3-7-21(30-2)19(9-13)25-22(27)14(12-24)10-16-5-8-20(31-16)17-11-15(26(28)29)4-6-18(17)23/h3-11H,1-2H3,(H,25,27)/b14-10+. The van der Waals surface area contributed by atoms with E-state index in [1.165, 1.54) is 37.5 Å². The molecule has 8 nitrogen and oxygen atoms in total. The number of anilines is 1. The van der Waals surface area contributed by atoms with Gasteiger partial charge in [0.25, 0.3) is 11.6 Å². The molecule has 0 aliphatic carbocycles. The number of furan rings is 1. The van der Waals surface area contributed by atoms with Gasteiger partial charge in [-0.05, 0) is 42.8 Å². The highest BCUT2D eigenvalue weighted by atomic mass is 35.5. The van der Waals surface area contributed by atoms with Crippen molar-refractivity contribution in [1.29, 1.82) is 5.26 Å². The van der Waals surface area contributed by atoms with Gasteiger partial charge in [-0.1, -0.05) is 17.7 Å².